The molecule has 0 spiro atoms. The van der Waals surface area contributed by atoms with Crippen molar-refractivity contribution in [1.82, 2.24) is 34.6 Å². The summed E-state index contributed by atoms with van der Waals surface area (Å²) in [5.74, 6) is 0.172. The summed E-state index contributed by atoms with van der Waals surface area (Å²) < 4.78 is 8.08. The predicted molar refractivity (Wildman–Crippen MR) is 201 cm³/mol. The standard InChI is InChI=1S/C37H41Br2N7O6/c38-28-19-23(20-29(39)33(28)47)21-31(35(49)43-11-5-25(6-12-43)24-3-9-40-10-4-24)42-36(50)45-13-7-27(8-14-45)46-32-2-1-26(22-30(32)41-37(46)51)34(48)44-15-17-52-18-16-44/h1-4,9-10,19-20,22,25,27,31,47H,5-8,11-18,21H2,(H,41,51)(H,42,50)/t31-/m1/s1. The van der Waals surface area contributed by atoms with Crippen LogP contribution in [0.3, 0.4) is 0 Å². The number of ether oxygens (including phenoxy) is 1. The Morgan fingerprint density at radius 3 is 2.21 bits per heavy atom. The van der Waals surface area contributed by atoms with Crippen LogP contribution in [0.5, 0.6) is 5.75 Å². The second kappa shape index (κ2) is 15.8. The number of rotatable bonds is 7. The van der Waals surface area contributed by atoms with E-state index in [2.05, 4.69) is 47.1 Å². The molecule has 13 nitrogen and oxygen atoms in total. The highest BCUT2D eigenvalue weighted by Gasteiger charge is 2.33. The molecule has 7 rings (SSSR count). The first-order valence-electron chi connectivity index (χ1n) is 17.7. The number of morpholine rings is 1. The number of nitrogens with zero attached hydrogens (tertiary/aromatic N) is 5. The summed E-state index contributed by atoms with van der Waals surface area (Å²) in [4.78, 5) is 66.4. The zero-order valence-corrected chi connectivity index (χ0v) is 31.8. The van der Waals surface area contributed by atoms with Gasteiger partial charge in [-0.2, -0.15) is 0 Å². The number of carbonyl (C=O) groups is 3. The zero-order chi connectivity index (χ0) is 36.4. The second-order valence-corrected chi connectivity index (χ2v) is 15.4. The first-order valence-corrected chi connectivity index (χ1v) is 19.3. The molecule has 3 aliphatic rings. The summed E-state index contributed by atoms with van der Waals surface area (Å²) in [6.45, 7) is 4.05. The number of aromatic amines is 1. The third-order valence-corrected chi connectivity index (χ3v) is 11.7. The number of likely N-dealkylation sites (tertiary alicyclic amines) is 2. The van der Waals surface area contributed by atoms with E-state index in [1.807, 2.05) is 23.1 Å². The van der Waals surface area contributed by atoms with E-state index >= 15 is 0 Å². The maximum absolute atomic E-state index is 14.1. The molecule has 0 saturated carbocycles. The van der Waals surface area contributed by atoms with E-state index in [-0.39, 0.29) is 41.7 Å². The van der Waals surface area contributed by atoms with Gasteiger partial charge in [0.2, 0.25) is 5.91 Å². The van der Waals surface area contributed by atoms with Gasteiger partial charge in [-0.3, -0.25) is 19.1 Å². The van der Waals surface area contributed by atoms with Crippen LogP contribution < -0.4 is 11.0 Å². The number of benzene rings is 2. The lowest BCUT2D eigenvalue weighted by Crippen LogP contribution is -2.55. The van der Waals surface area contributed by atoms with Crippen molar-refractivity contribution in [2.75, 3.05) is 52.5 Å². The van der Waals surface area contributed by atoms with Gasteiger partial charge in [0.05, 0.1) is 33.2 Å². The van der Waals surface area contributed by atoms with Gasteiger partial charge >= 0.3 is 11.7 Å². The van der Waals surface area contributed by atoms with Crippen molar-refractivity contribution in [2.45, 2.75) is 50.1 Å². The fourth-order valence-electron chi connectivity index (χ4n) is 7.60. The van der Waals surface area contributed by atoms with E-state index in [0.717, 1.165) is 23.9 Å². The molecule has 0 bridgehead atoms. The van der Waals surface area contributed by atoms with Crippen LogP contribution in [0.1, 0.15) is 59.1 Å². The van der Waals surface area contributed by atoms with E-state index in [4.69, 9.17) is 4.74 Å². The average Bonchev–Trinajstić information content (AvgIpc) is 3.51. The number of piperidine rings is 2. The van der Waals surface area contributed by atoms with E-state index in [9.17, 15) is 24.3 Å². The summed E-state index contributed by atoms with van der Waals surface area (Å²) in [6, 6.07) is 11.6. The Balaban J connectivity index is 1.02. The first-order chi connectivity index (χ1) is 25.2. The fourth-order valence-corrected chi connectivity index (χ4v) is 8.89. The third kappa shape index (κ3) is 7.76. The number of imidazole rings is 1. The number of urea groups is 1. The maximum atomic E-state index is 14.1. The molecular weight excluding hydrogens is 798 g/mol. The molecule has 0 unspecified atom stereocenters. The first kappa shape index (κ1) is 36.2. The van der Waals surface area contributed by atoms with Gasteiger partial charge in [-0.05, 0) is 117 Å². The van der Waals surface area contributed by atoms with Crippen LogP contribution in [0.4, 0.5) is 4.79 Å². The van der Waals surface area contributed by atoms with Crippen LogP contribution in [0.25, 0.3) is 11.0 Å². The largest absolute Gasteiger partial charge is 0.506 e. The Bertz CT molecular complexity index is 1980. The van der Waals surface area contributed by atoms with Gasteiger partial charge in [-0.1, -0.05) is 0 Å². The van der Waals surface area contributed by atoms with Gasteiger partial charge < -0.3 is 34.8 Å². The van der Waals surface area contributed by atoms with E-state index in [1.54, 1.807) is 51.0 Å². The SMILES string of the molecule is O=C(N[C@H](Cc1cc(Br)c(O)c(Br)c1)C(=O)N1CCC(c2ccncc2)CC1)N1CCC(n2c(=O)[nH]c3cc(C(=O)N4CCOCC4)ccc32)CC1. The smallest absolute Gasteiger partial charge is 0.326 e. The lowest BCUT2D eigenvalue weighted by molar-refractivity contribution is -0.134. The van der Waals surface area contributed by atoms with Gasteiger partial charge in [0.15, 0.2) is 0 Å². The van der Waals surface area contributed by atoms with Crippen molar-refractivity contribution < 1.29 is 24.2 Å². The normalized spacial score (nSPS) is 18.1. The summed E-state index contributed by atoms with van der Waals surface area (Å²) in [5.41, 5.74) is 3.57. The number of hydrogen-bond acceptors (Lipinski definition) is 7. The monoisotopic (exact) mass is 837 g/mol. The number of H-pyrrole nitrogens is 1. The molecule has 4 amide bonds. The van der Waals surface area contributed by atoms with Gasteiger partial charge in [0.1, 0.15) is 11.8 Å². The Labute approximate surface area is 317 Å². The quantitative estimate of drug-likeness (QED) is 0.242. The van der Waals surface area contributed by atoms with E-state index in [1.165, 1.54) is 5.56 Å². The highest BCUT2D eigenvalue weighted by molar-refractivity contribution is 9.11. The molecule has 3 fully saturated rings. The van der Waals surface area contributed by atoms with Crippen LogP contribution in [-0.2, 0) is 16.0 Å². The molecule has 3 saturated heterocycles. The Morgan fingerprint density at radius 2 is 1.54 bits per heavy atom. The maximum Gasteiger partial charge on any atom is 0.326 e. The topological polar surface area (TPSA) is 153 Å². The average molecular weight is 840 g/mol. The molecule has 3 aliphatic heterocycles. The lowest BCUT2D eigenvalue weighted by Gasteiger charge is -2.36. The number of pyridine rings is 1. The van der Waals surface area contributed by atoms with Crippen LogP contribution in [0.2, 0.25) is 0 Å². The molecule has 0 radical (unpaired) electrons. The molecule has 0 aliphatic carbocycles. The number of fused-ring (bicyclic) bond motifs is 1. The minimum atomic E-state index is -0.823. The summed E-state index contributed by atoms with van der Waals surface area (Å²) in [7, 11) is 0. The third-order valence-electron chi connectivity index (χ3n) is 10.5. The molecule has 3 N–H and O–H groups in total. The van der Waals surface area contributed by atoms with Gasteiger partial charge in [0, 0.05) is 69.7 Å². The van der Waals surface area contributed by atoms with Crippen molar-refractivity contribution in [1.29, 1.82) is 0 Å². The van der Waals surface area contributed by atoms with E-state index in [0.29, 0.717) is 91.3 Å². The molecule has 274 valence electrons. The molecule has 1 atom stereocenters. The summed E-state index contributed by atoms with van der Waals surface area (Å²) in [5, 5.41) is 13.3. The minimum absolute atomic E-state index is 0.0629. The van der Waals surface area contributed by atoms with Crippen molar-refractivity contribution in [3.8, 4) is 5.75 Å². The molecule has 52 heavy (non-hydrogen) atoms. The predicted octanol–water partition coefficient (Wildman–Crippen LogP) is 4.79. The molecule has 4 aromatic rings. The van der Waals surface area contributed by atoms with Crippen LogP contribution in [0, 0.1) is 0 Å². The van der Waals surface area contributed by atoms with Gasteiger partial charge in [-0.25, -0.2) is 9.59 Å². The van der Waals surface area contributed by atoms with Crippen molar-refractivity contribution in [3.63, 3.8) is 0 Å². The summed E-state index contributed by atoms with van der Waals surface area (Å²) in [6.07, 6.45) is 6.56. The van der Waals surface area contributed by atoms with Gasteiger partial charge in [0.25, 0.3) is 5.91 Å². The van der Waals surface area contributed by atoms with Crippen molar-refractivity contribution in [3.05, 3.63) is 91.0 Å². The molecule has 15 heteroatoms. The number of amides is 4. The van der Waals surface area contributed by atoms with Gasteiger partial charge in [-0.15, -0.1) is 0 Å². The number of nitrogens with one attached hydrogen (secondary N) is 2. The second-order valence-electron chi connectivity index (χ2n) is 13.6. The number of phenols is 1. The van der Waals surface area contributed by atoms with Crippen molar-refractivity contribution in [2.24, 2.45) is 0 Å². The number of aromatic hydroxyl groups is 1. The number of carbonyl (C=O) groups excluding carboxylic acids is 3. The fraction of sp³-hybridized carbons (Fsp3) is 0.432. The zero-order valence-electron chi connectivity index (χ0n) is 28.6. The van der Waals surface area contributed by atoms with Crippen LogP contribution in [-0.4, -0.2) is 111 Å². The molecular formula is C37H41Br2N7O6. The summed E-state index contributed by atoms with van der Waals surface area (Å²) >= 11 is 6.78. The molecule has 5 heterocycles. The minimum Gasteiger partial charge on any atom is -0.506 e. The Hall–Kier alpha value is -4.21. The number of phenolic OH excluding ortho intramolecular Hbond substituents is 1. The lowest BCUT2D eigenvalue weighted by atomic mass is 9.89. The van der Waals surface area contributed by atoms with Crippen molar-refractivity contribution >= 4 is 60.7 Å². The Morgan fingerprint density at radius 1 is 0.885 bits per heavy atom. The van der Waals surface area contributed by atoms with E-state index < -0.39 is 6.04 Å². The molecule has 2 aromatic heterocycles. The highest BCUT2D eigenvalue weighted by Crippen LogP contribution is 2.34. The Kier molecular flexibility index (Phi) is 11.0. The highest BCUT2D eigenvalue weighted by atomic mass is 79.9. The number of hydrogen-bond donors (Lipinski definition) is 3. The number of halogens is 2. The van der Waals surface area contributed by atoms with Crippen LogP contribution >= 0.6 is 31.9 Å². The number of aromatic nitrogens is 3. The van der Waals surface area contributed by atoms with Crippen LogP contribution in [0.15, 0.2) is 68.6 Å². The molecule has 2 aromatic carbocycles.